The Labute approximate surface area is 112 Å². The molecule has 0 bridgehead atoms. The normalized spacial score (nSPS) is 13.6. The fourth-order valence-corrected chi connectivity index (χ4v) is 2.28. The van der Waals surface area contributed by atoms with E-state index in [0.717, 1.165) is 17.0 Å². The Kier molecular flexibility index (Phi) is 2.95. The lowest BCUT2D eigenvalue weighted by molar-refractivity contribution is 0.0976. The van der Waals surface area contributed by atoms with Crippen molar-refractivity contribution in [3.8, 4) is 5.75 Å². The van der Waals surface area contributed by atoms with Crippen molar-refractivity contribution >= 4 is 11.6 Å². The molecule has 0 aliphatic carbocycles. The van der Waals surface area contributed by atoms with Crippen LogP contribution in [-0.4, -0.2) is 19.1 Å². The maximum Gasteiger partial charge on any atom is 0.258 e. The van der Waals surface area contributed by atoms with E-state index in [-0.39, 0.29) is 5.91 Å². The number of nitrogens with zero attached hydrogens (tertiary/aromatic N) is 1. The first-order chi connectivity index (χ1) is 9.25. The predicted octanol–water partition coefficient (Wildman–Crippen LogP) is 3.03. The molecule has 1 aliphatic heterocycles. The van der Waals surface area contributed by atoms with E-state index in [1.807, 2.05) is 55.5 Å². The highest BCUT2D eigenvalue weighted by Gasteiger charge is 2.24. The number of ether oxygens (including phenoxy) is 1. The summed E-state index contributed by atoms with van der Waals surface area (Å²) in [5, 5.41) is 0. The number of fused-ring (bicyclic) bond motifs is 1. The number of aryl methyl sites for hydroxylation is 1. The highest BCUT2D eigenvalue weighted by atomic mass is 16.5. The van der Waals surface area contributed by atoms with Crippen LogP contribution in [0.25, 0.3) is 0 Å². The second kappa shape index (κ2) is 4.76. The van der Waals surface area contributed by atoms with E-state index in [9.17, 15) is 4.79 Å². The molecule has 1 amide bonds. The zero-order valence-electron chi connectivity index (χ0n) is 10.8. The van der Waals surface area contributed by atoms with Crippen molar-refractivity contribution in [3.05, 3.63) is 59.7 Å². The van der Waals surface area contributed by atoms with Gasteiger partial charge in [0.1, 0.15) is 12.4 Å². The van der Waals surface area contributed by atoms with E-state index in [1.165, 1.54) is 0 Å². The fourth-order valence-electron chi connectivity index (χ4n) is 2.28. The van der Waals surface area contributed by atoms with Gasteiger partial charge in [0.2, 0.25) is 0 Å². The minimum Gasteiger partial charge on any atom is -0.490 e. The number of carbonyl (C=O) groups excluding carboxylic acids is 1. The quantitative estimate of drug-likeness (QED) is 0.781. The number of hydrogen-bond donors (Lipinski definition) is 0. The molecular weight excluding hydrogens is 238 g/mol. The average Bonchev–Trinajstić information content (AvgIpc) is 2.47. The van der Waals surface area contributed by atoms with Crippen molar-refractivity contribution in [2.24, 2.45) is 0 Å². The molecule has 0 saturated heterocycles. The van der Waals surface area contributed by atoms with Crippen molar-refractivity contribution in [2.75, 3.05) is 18.1 Å². The molecule has 2 aromatic rings. The van der Waals surface area contributed by atoms with Crippen molar-refractivity contribution in [1.29, 1.82) is 0 Å². The third-order valence-electron chi connectivity index (χ3n) is 3.24. The van der Waals surface area contributed by atoms with Crippen LogP contribution in [0, 0.1) is 6.92 Å². The summed E-state index contributed by atoms with van der Waals surface area (Å²) in [5.41, 5.74) is 2.69. The van der Waals surface area contributed by atoms with Gasteiger partial charge in [0.25, 0.3) is 5.91 Å². The van der Waals surface area contributed by atoms with Crippen molar-refractivity contribution in [2.45, 2.75) is 6.92 Å². The fraction of sp³-hybridized carbons (Fsp3) is 0.188. The van der Waals surface area contributed by atoms with Crippen molar-refractivity contribution in [3.63, 3.8) is 0 Å². The number of amides is 1. The molecular formula is C16H15NO2. The van der Waals surface area contributed by atoms with Gasteiger partial charge in [0, 0.05) is 5.56 Å². The highest BCUT2D eigenvalue weighted by Crippen LogP contribution is 2.33. The minimum atomic E-state index is 0.0238. The maximum absolute atomic E-state index is 12.5. The zero-order valence-corrected chi connectivity index (χ0v) is 10.8. The molecule has 19 heavy (non-hydrogen) atoms. The molecule has 0 aromatic heterocycles. The molecule has 2 aromatic carbocycles. The second-order valence-corrected chi connectivity index (χ2v) is 4.64. The predicted molar refractivity (Wildman–Crippen MR) is 74.8 cm³/mol. The Morgan fingerprint density at radius 3 is 2.74 bits per heavy atom. The molecule has 0 N–H and O–H groups in total. The van der Waals surface area contributed by atoms with Gasteiger partial charge in [-0.2, -0.15) is 0 Å². The Bertz CT molecular complexity index is 607. The Morgan fingerprint density at radius 1 is 1.16 bits per heavy atom. The molecule has 0 radical (unpaired) electrons. The van der Waals surface area contributed by atoms with Crippen LogP contribution in [0.2, 0.25) is 0 Å². The van der Waals surface area contributed by atoms with Crippen LogP contribution in [0.4, 0.5) is 5.69 Å². The third kappa shape index (κ3) is 2.19. The largest absolute Gasteiger partial charge is 0.490 e. The molecule has 0 saturated carbocycles. The van der Waals surface area contributed by atoms with Crippen LogP contribution in [0.3, 0.4) is 0 Å². The molecule has 1 aliphatic rings. The van der Waals surface area contributed by atoms with Crippen molar-refractivity contribution < 1.29 is 9.53 Å². The molecule has 0 unspecified atom stereocenters. The maximum atomic E-state index is 12.5. The van der Waals surface area contributed by atoms with Gasteiger partial charge < -0.3 is 9.64 Å². The molecule has 96 valence electrons. The van der Waals surface area contributed by atoms with Crippen LogP contribution in [0.15, 0.2) is 48.5 Å². The number of carbonyl (C=O) groups is 1. The molecule has 3 rings (SSSR count). The van der Waals surface area contributed by atoms with E-state index in [4.69, 9.17) is 4.74 Å². The van der Waals surface area contributed by atoms with E-state index < -0.39 is 0 Å². The van der Waals surface area contributed by atoms with Gasteiger partial charge in [-0.05, 0) is 36.8 Å². The van der Waals surface area contributed by atoms with Gasteiger partial charge in [0.05, 0.1) is 12.2 Å². The van der Waals surface area contributed by atoms with Gasteiger partial charge in [-0.25, -0.2) is 0 Å². The van der Waals surface area contributed by atoms with Crippen LogP contribution in [0.5, 0.6) is 5.75 Å². The lowest BCUT2D eigenvalue weighted by atomic mass is 10.1. The molecule has 0 spiro atoms. The Morgan fingerprint density at radius 2 is 1.95 bits per heavy atom. The lowest BCUT2D eigenvalue weighted by Crippen LogP contribution is -2.37. The van der Waals surface area contributed by atoms with E-state index in [1.54, 1.807) is 4.90 Å². The lowest BCUT2D eigenvalue weighted by Gasteiger charge is -2.30. The number of benzene rings is 2. The topological polar surface area (TPSA) is 29.5 Å². The minimum absolute atomic E-state index is 0.0238. The van der Waals surface area contributed by atoms with Gasteiger partial charge in [0.15, 0.2) is 0 Å². The smallest absolute Gasteiger partial charge is 0.258 e. The summed E-state index contributed by atoms with van der Waals surface area (Å²) < 4.78 is 5.60. The molecule has 1 heterocycles. The summed E-state index contributed by atoms with van der Waals surface area (Å²) in [5.74, 6) is 0.803. The van der Waals surface area contributed by atoms with Gasteiger partial charge in [-0.3, -0.25) is 4.79 Å². The summed E-state index contributed by atoms with van der Waals surface area (Å²) in [6.45, 7) is 3.14. The van der Waals surface area contributed by atoms with E-state index in [0.29, 0.717) is 18.7 Å². The molecule has 0 atom stereocenters. The number of anilines is 1. The summed E-state index contributed by atoms with van der Waals surface area (Å²) in [7, 11) is 0. The third-order valence-corrected chi connectivity index (χ3v) is 3.24. The van der Waals surface area contributed by atoms with Gasteiger partial charge in [-0.15, -0.1) is 0 Å². The van der Waals surface area contributed by atoms with Crippen molar-refractivity contribution in [1.82, 2.24) is 0 Å². The Balaban J connectivity index is 2.00. The SMILES string of the molecule is Cc1ccc2c(c1)N(C(=O)c1ccccc1)CCO2. The van der Waals surface area contributed by atoms with E-state index in [2.05, 4.69) is 0 Å². The number of hydrogen-bond acceptors (Lipinski definition) is 2. The summed E-state index contributed by atoms with van der Waals surface area (Å²) >= 11 is 0. The van der Waals surface area contributed by atoms with Crippen LogP contribution >= 0.6 is 0 Å². The Hall–Kier alpha value is -2.29. The molecule has 3 nitrogen and oxygen atoms in total. The summed E-state index contributed by atoms with van der Waals surface area (Å²) in [6.07, 6.45) is 0. The van der Waals surface area contributed by atoms with Crippen LogP contribution in [-0.2, 0) is 0 Å². The first-order valence-electron chi connectivity index (χ1n) is 6.36. The van der Waals surface area contributed by atoms with E-state index >= 15 is 0 Å². The molecule has 0 fully saturated rings. The summed E-state index contributed by atoms with van der Waals surface area (Å²) in [4.78, 5) is 14.3. The van der Waals surface area contributed by atoms with Gasteiger partial charge >= 0.3 is 0 Å². The second-order valence-electron chi connectivity index (χ2n) is 4.64. The monoisotopic (exact) mass is 253 g/mol. The zero-order chi connectivity index (χ0) is 13.2. The van der Waals surface area contributed by atoms with Crippen LogP contribution in [0.1, 0.15) is 15.9 Å². The summed E-state index contributed by atoms with van der Waals surface area (Å²) in [6, 6.07) is 15.3. The molecule has 3 heteroatoms. The number of rotatable bonds is 1. The first-order valence-corrected chi connectivity index (χ1v) is 6.36. The average molecular weight is 253 g/mol. The standard InChI is InChI=1S/C16H15NO2/c1-12-7-8-15-14(11-12)17(9-10-19-15)16(18)13-5-3-2-4-6-13/h2-8,11H,9-10H2,1H3. The first kappa shape index (κ1) is 11.8. The highest BCUT2D eigenvalue weighted by molar-refractivity contribution is 6.07. The van der Waals surface area contributed by atoms with Gasteiger partial charge in [-0.1, -0.05) is 24.3 Å². The van der Waals surface area contributed by atoms with Crippen LogP contribution < -0.4 is 9.64 Å².